The number of para-hydroxylation sites is 1. The van der Waals surface area contributed by atoms with Crippen LogP contribution in [0.1, 0.15) is 31.1 Å². The molecule has 0 saturated carbocycles. The predicted octanol–water partition coefficient (Wildman–Crippen LogP) is 0.211. The lowest BCUT2D eigenvalue weighted by molar-refractivity contribution is -0.862. The number of carbonyl (C=O) groups is 3. The Morgan fingerprint density at radius 2 is 1.70 bits per heavy atom. The summed E-state index contributed by atoms with van der Waals surface area (Å²) in [6.07, 6.45) is 0. The van der Waals surface area contributed by atoms with Gasteiger partial charge in [-0.15, -0.1) is 0 Å². The number of anilines is 1. The van der Waals surface area contributed by atoms with Crippen LogP contribution in [0.3, 0.4) is 0 Å². The molecule has 0 aromatic heterocycles. The third-order valence-corrected chi connectivity index (χ3v) is 3.61. The molecule has 2 amide bonds. The van der Waals surface area contributed by atoms with Crippen molar-refractivity contribution in [3.63, 3.8) is 0 Å². The molecule has 0 aliphatic carbocycles. The highest BCUT2D eigenvalue weighted by molar-refractivity contribution is 6.03. The first-order chi connectivity index (χ1) is 10.9. The SMILES string of the molecule is CCN(CC)C(=O)C[NH+](C)CC(=O)Nc1ccccc1C(C)=O. The fraction of sp³-hybridized carbons (Fsp3) is 0.471. The first-order valence-electron chi connectivity index (χ1n) is 7.87. The number of nitrogens with zero attached hydrogens (tertiary/aromatic N) is 1. The number of ketones is 1. The fourth-order valence-corrected chi connectivity index (χ4v) is 2.38. The van der Waals surface area contributed by atoms with E-state index in [0.717, 1.165) is 4.90 Å². The summed E-state index contributed by atoms with van der Waals surface area (Å²) in [6.45, 7) is 7.10. The summed E-state index contributed by atoms with van der Waals surface area (Å²) in [6, 6.07) is 6.90. The number of hydrogen-bond donors (Lipinski definition) is 2. The number of likely N-dealkylation sites (N-methyl/N-ethyl adjacent to an activating group) is 2. The second kappa shape index (κ2) is 9.05. The zero-order valence-electron chi connectivity index (χ0n) is 14.3. The number of Topliss-reactive ketones (excluding diaryl/α,β-unsaturated/α-hetero) is 1. The molecule has 1 rings (SSSR count). The van der Waals surface area contributed by atoms with Crippen LogP contribution in [-0.2, 0) is 9.59 Å². The van der Waals surface area contributed by atoms with Crippen molar-refractivity contribution in [3.8, 4) is 0 Å². The van der Waals surface area contributed by atoms with Crippen molar-refractivity contribution in [1.82, 2.24) is 4.90 Å². The molecule has 1 unspecified atom stereocenters. The van der Waals surface area contributed by atoms with Crippen molar-refractivity contribution in [2.45, 2.75) is 20.8 Å². The van der Waals surface area contributed by atoms with Crippen LogP contribution in [0.2, 0.25) is 0 Å². The second-order valence-electron chi connectivity index (χ2n) is 5.53. The van der Waals surface area contributed by atoms with Gasteiger partial charge in [0.1, 0.15) is 0 Å². The Morgan fingerprint density at radius 1 is 1.09 bits per heavy atom. The van der Waals surface area contributed by atoms with Gasteiger partial charge in [0, 0.05) is 18.7 Å². The molecule has 126 valence electrons. The van der Waals surface area contributed by atoms with Gasteiger partial charge in [-0.2, -0.15) is 0 Å². The Bertz CT molecular complexity index is 568. The minimum Gasteiger partial charge on any atom is -0.338 e. The zero-order chi connectivity index (χ0) is 17.4. The van der Waals surface area contributed by atoms with Crippen molar-refractivity contribution in [2.75, 3.05) is 38.5 Å². The van der Waals surface area contributed by atoms with Gasteiger partial charge in [-0.1, -0.05) is 12.1 Å². The molecule has 0 heterocycles. The molecule has 1 aromatic rings. The summed E-state index contributed by atoms with van der Waals surface area (Å²) in [4.78, 5) is 38.2. The molecule has 1 aromatic carbocycles. The molecular formula is C17H26N3O3+. The molecule has 2 N–H and O–H groups in total. The van der Waals surface area contributed by atoms with E-state index in [0.29, 0.717) is 24.3 Å². The molecule has 0 radical (unpaired) electrons. The highest BCUT2D eigenvalue weighted by Crippen LogP contribution is 2.14. The Kier molecular flexibility index (Phi) is 7.41. The standard InChI is InChI=1S/C17H25N3O3/c1-5-20(6-2)17(23)12-19(4)11-16(22)18-15-10-8-7-9-14(15)13(3)21/h7-10H,5-6,11-12H2,1-4H3,(H,18,22)/p+1. The lowest BCUT2D eigenvalue weighted by atomic mass is 10.1. The minimum absolute atomic E-state index is 0.0319. The molecule has 0 fully saturated rings. The number of hydrogen-bond acceptors (Lipinski definition) is 3. The van der Waals surface area contributed by atoms with Crippen LogP contribution in [0.4, 0.5) is 5.69 Å². The normalized spacial score (nSPS) is 11.7. The third-order valence-electron chi connectivity index (χ3n) is 3.61. The summed E-state index contributed by atoms with van der Waals surface area (Å²) in [5.41, 5.74) is 0.991. The van der Waals surface area contributed by atoms with Gasteiger partial charge in [0.05, 0.1) is 12.7 Å². The third kappa shape index (κ3) is 5.83. The number of amides is 2. The number of rotatable bonds is 8. The Morgan fingerprint density at radius 3 is 2.26 bits per heavy atom. The van der Waals surface area contributed by atoms with Crippen LogP contribution >= 0.6 is 0 Å². The van der Waals surface area contributed by atoms with Crippen molar-refractivity contribution in [3.05, 3.63) is 29.8 Å². The van der Waals surface area contributed by atoms with Crippen molar-refractivity contribution >= 4 is 23.3 Å². The predicted molar refractivity (Wildman–Crippen MR) is 89.6 cm³/mol. The second-order valence-corrected chi connectivity index (χ2v) is 5.53. The largest absolute Gasteiger partial charge is 0.338 e. The van der Waals surface area contributed by atoms with Gasteiger partial charge in [-0.05, 0) is 32.9 Å². The molecule has 6 nitrogen and oxygen atoms in total. The van der Waals surface area contributed by atoms with Crippen LogP contribution in [0.25, 0.3) is 0 Å². The van der Waals surface area contributed by atoms with E-state index in [2.05, 4.69) is 5.32 Å². The molecule has 0 aliphatic heterocycles. The molecule has 6 heteroatoms. The first kappa shape index (κ1) is 18.8. The smallest absolute Gasteiger partial charge is 0.279 e. The number of nitrogens with one attached hydrogen (secondary N) is 2. The average molecular weight is 320 g/mol. The molecular weight excluding hydrogens is 294 g/mol. The van der Waals surface area contributed by atoms with E-state index in [9.17, 15) is 14.4 Å². The van der Waals surface area contributed by atoms with Gasteiger partial charge in [0.2, 0.25) is 0 Å². The maximum absolute atomic E-state index is 12.1. The van der Waals surface area contributed by atoms with E-state index < -0.39 is 0 Å². The fourth-order valence-electron chi connectivity index (χ4n) is 2.38. The van der Waals surface area contributed by atoms with Crippen molar-refractivity contribution < 1.29 is 19.3 Å². The zero-order valence-corrected chi connectivity index (χ0v) is 14.3. The maximum Gasteiger partial charge on any atom is 0.279 e. The average Bonchev–Trinajstić information content (AvgIpc) is 2.48. The van der Waals surface area contributed by atoms with Crippen molar-refractivity contribution in [1.29, 1.82) is 0 Å². The van der Waals surface area contributed by atoms with Crippen LogP contribution in [0.5, 0.6) is 0 Å². The van der Waals surface area contributed by atoms with Crippen LogP contribution < -0.4 is 10.2 Å². The number of carbonyl (C=O) groups excluding carboxylic acids is 3. The summed E-state index contributed by atoms with van der Waals surface area (Å²) < 4.78 is 0. The van der Waals surface area contributed by atoms with Gasteiger partial charge in [0.15, 0.2) is 18.9 Å². The molecule has 23 heavy (non-hydrogen) atoms. The van der Waals surface area contributed by atoms with Gasteiger partial charge in [-0.3, -0.25) is 14.4 Å². The molecule has 0 bridgehead atoms. The van der Waals surface area contributed by atoms with E-state index in [1.54, 1.807) is 36.2 Å². The number of quaternary nitrogens is 1. The molecule has 1 atom stereocenters. The van der Waals surface area contributed by atoms with Gasteiger partial charge < -0.3 is 15.1 Å². The summed E-state index contributed by atoms with van der Waals surface area (Å²) >= 11 is 0. The van der Waals surface area contributed by atoms with E-state index in [-0.39, 0.29) is 30.7 Å². The summed E-state index contributed by atoms with van der Waals surface area (Å²) in [5, 5.41) is 2.75. The van der Waals surface area contributed by atoms with E-state index >= 15 is 0 Å². The highest BCUT2D eigenvalue weighted by atomic mass is 16.2. The Labute approximate surface area is 137 Å². The first-order valence-corrected chi connectivity index (χ1v) is 7.87. The monoisotopic (exact) mass is 320 g/mol. The Balaban J connectivity index is 2.60. The summed E-state index contributed by atoms with van der Waals surface area (Å²) in [5.74, 6) is -0.286. The van der Waals surface area contributed by atoms with Gasteiger partial charge in [-0.25, -0.2) is 0 Å². The molecule has 0 saturated heterocycles. The van der Waals surface area contributed by atoms with Crippen molar-refractivity contribution in [2.24, 2.45) is 0 Å². The van der Waals surface area contributed by atoms with Gasteiger partial charge in [0.25, 0.3) is 11.8 Å². The highest BCUT2D eigenvalue weighted by Gasteiger charge is 2.18. The van der Waals surface area contributed by atoms with Crippen LogP contribution in [-0.4, -0.2) is 55.7 Å². The number of benzene rings is 1. The lowest BCUT2D eigenvalue weighted by Crippen LogP contribution is -3.11. The van der Waals surface area contributed by atoms with E-state index in [1.807, 2.05) is 13.8 Å². The molecule has 0 spiro atoms. The van der Waals surface area contributed by atoms with Crippen LogP contribution in [0.15, 0.2) is 24.3 Å². The van der Waals surface area contributed by atoms with E-state index in [1.165, 1.54) is 6.92 Å². The van der Waals surface area contributed by atoms with E-state index in [4.69, 9.17) is 0 Å². The summed E-state index contributed by atoms with van der Waals surface area (Å²) in [7, 11) is 1.80. The van der Waals surface area contributed by atoms with Gasteiger partial charge >= 0.3 is 0 Å². The molecule has 0 aliphatic rings. The quantitative estimate of drug-likeness (QED) is 0.673. The Hall–Kier alpha value is -2.21. The minimum atomic E-state index is -0.219. The van der Waals surface area contributed by atoms with Crippen LogP contribution in [0, 0.1) is 0 Å². The maximum atomic E-state index is 12.1. The lowest BCUT2D eigenvalue weighted by Gasteiger charge is -2.21. The topological polar surface area (TPSA) is 70.9 Å².